The van der Waals surface area contributed by atoms with Crippen LogP contribution in [-0.4, -0.2) is 56.6 Å². The Balaban J connectivity index is 2.31. The van der Waals surface area contributed by atoms with Crippen LogP contribution < -0.4 is 5.73 Å². The number of piperidine rings is 1. The van der Waals surface area contributed by atoms with Gasteiger partial charge in [0.1, 0.15) is 0 Å². The SMILES string of the molecule is CN(C)CC1CCN(CC(CN)CC(C)(C)C)CC1. The Morgan fingerprint density at radius 2 is 1.79 bits per heavy atom. The fourth-order valence-corrected chi connectivity index (χ4v) is 3.32. The Morgan fingerprint density at radius 3 is 2.21 bits per heavy atom. The van der Waals surface area contributed by atoms with Gasteiger partial charge in [-0.05, 0) is 70.2 Å². The van der Waals surface area contributed by atoms with Crippen LogP contribution in [-0.2, 0) is 0 Å². The van der Waals surface area contributed by atoms with Gasteiger partial charge < -0.3 is 15.5 Å². The highest BCUT2D eigenvalue weighted by molar-refractivity contribution is 4.78. The molecule has 1 aliphatic heterocycles. The molecule has 0 amide bonds. The Labute approximate surface area is 120 Å². The van der Waals surface area contributed by atoms with Crippen molar-refractivity contribution in [1.29, 1.82) is 0 Å². The zero-order valence-corrected chi connectivity index (χ0v) is 13.8. The fraction of sp³-hybridized carbons (Fsp3) is 1.00. The summed E-state index contributed by atoms with van der Waals surface area (Å²) in [5.74, 6) is 1.55. The van der Waals surface area contributed by atoms with Crippen LogP contribution in [0.15, 0.2) is 0 Å². The van der Waals surface area contributed by atoms with E-state index >= 15 is 0 Å². The molecule has 1 fully saturated rings. The molecule has 1 aliphatic rings. The maximum atomic E-state index is 5.96. The van der Waals surface area contributed by atoms with Crippen molar-refractivity contribution in [3.63, 3.8) is 0 Å². The van der Waals surface area contributed by atoms with Crippen LogP contribution in [0, 0.1) is 17.3 Å². The zero-order valence-electron chi connectivity index (χ0n) is 13.8. The summed E-state index contributed by atoms with van der Waals surface area (Å²) in [6, 6.07) is 0. The molecule has 3 nitrogen and oxygen atoms in total. The maximum Gasteiger partial charge on any atom is 0.00219 e. The third kappa shape index (κ3) is 7.28. The second-order valence-corrected chi connectivity index (χ2v) is 7.87. The molecule has 3 heteroatoms. The molecule has 0 aromatic rings. The molecule has 0 bridgehead atoms. The largest absolute Gasteiger partial charge is 0.330 e. The van der Waals surface area contributed by atoms with E-state index < -0.39 is 0 Å². The molecular weight excluding hydrogens is 234 g/mol. The van der Waals surface area contributed by atoms with Crippen LogP contribution in [0.4, 0.5) is 0 Å². The first kappa shape index (κ1) is 16.9. The molecule has 1 saturated heterocycles. The standard InChI is InChI=1S/C16H35N3/c1-16(2,3)10-15(11-17)13-19-8-6-14(7-9-19)12-18(4)5/h14-15H,6-13,17H2,1-5H3. The van der Waals surface area contributed by atoms with Crippen molar-refractivity contribution in [2.45, 2.75) is 40.0 Å². The Hall–Kier alpha value is -0.120. The first-order valence-corrected chi connectivity index (χ1v) is 7.87. The summed E-state index contributed by atoms with van der Waals surface area (Å²) >= 11 is 0. The van der Waals surface area contributed by atoms with Gasteiger partial charge in [-0.15, -0.1) is 0 Å². The first-order chi connectivity index (χ1) is 8.80. The summed E-state index contributed by atoms with van der Waals surface area (Å²) in [4.78, 5) is 4.96. The van der Waals surface area contributed by atoms with Gasteiger partial charge in [0.2, 0.25) is 0 Å². The second-order valence-electron chi connectivity index (χ2n) is 7.87. The van der Waals surface area contributed by atoms with Crippen LogP contribution >= 0.6 is 0 Å². The van der Waals surface area contributed by atoms with Gasteiger partial charge in [0.15, 0.2) is 0 Å². The van der Waals surface area contributed by atoms with E-state index in [1.54, 1.807) is 0 Å². The summed E-state index contributed by atoms with van der Waals surface area (Å²) in [5.41, 5.74) is 6.35. The molecule has 1 rings (SSSR count). The van der Waals surface area contributed by atoms with Crippen molar-refractivity contribution >= 4 is 0 Å². The van der Waals surface area contributed by atoms with Gasteiger partial charge in [-0.1, -0.05) is 20.8 Å². The Bertz CT molecular complexity index is 237. The highest BCUT2D eigenvalue weighted by Gasteiger charge is 2.24. The quantitative estimate of drug-likeness (QED) is 0.803. The van der Waals surface area contributed by atoms with Crippen LogP contribution in [0.1, 0.15) is 40.0 Å². The number of nitrogens with zero attached hydrogens (tertiary/aromatic N) is 2. The smallest absolute Gasteiger partial charge is 0.00219 e. The van der Waals surface area contributed by atoms with Gasteiger partial charge in [-0.2, -0.15) is 0 Å². The van der Waals surface area contributed by atoms with Gasteiger partial charge in [0, 0.05) is 13.1 Å². The summed E-state index contributed by atoms with van der Waals surface area (Å²) in [6.07, 6.45) is 3.94. The predicted molar refractivity (Wildman–Crippen MR) is 84.3 cm³/mol. The van der Waals surface area contributed by atoms with Gasteiger partial charge >= 0.3 is 0 Å². The van der Waals surface area contributed by atoms with Gasteiger partial charge in [0.25, 0.3) is 0 Å². The van der Waals surface area contributed by atoms with E-state index in [-0.39, 0.29) is 0 Å². The van der Waals surface area contributed by atoms with Crippen LogP contribution in [0.5, 0.6) is 0 Å². The average Bonchev–Trinajstić information content (AvgIpc) is 2.28. The minimum absolute atomic E-state index is 0.396. The highest BCUT2D eigenvalue weighted by atomic mass is 15.1. The molecule has 19 heavy (non-hydrogen) atoms. The lowest BCUT2D eigenvalue weighted by Crippen LogP contribution is -2.41. The van der Waals surface area contributed by atoms with Crippen molar-refractivity contribution in [1.82, 2.24) is 9.80 Å². The topological polar surface area (TPSA) is 32.5 Å². The van der Waals surface area contributed by atoms with Crippen molar-refractivity contribution < 1.29 is 0 Å². The van der Waals surface area contributed by atoms with Crippen molar-refractivity contribution in [3.8, 4) is 0 Å². The molecule has 0 spiro atoms. The summed E-state index contributed by atoms with van der Waals surface area (Å²) in [6.45, 7) is 12.8. The lowest BCUT2D eigenvalue weighted by molar-refractivity contribution is 0.132. The van der Waals surface area contributed by atoms with E-state index in [1.165, 1.54) is 45.4 Å². The van der Waals surface area contributed by atoms with Gasteiger partial charge in [0.05, 0.1) is 0 Å². The van der Waals surface area contributed by atoms with E-state index in [9.17, 15) is 0 Å². The molecule has 0 aromatic carbocycles. The molecule has 114 valence electrons. The summed E-state index contributed by atoms with van der Waals surface area (Å²) < 4.78 is 0. The molecule has 0 saturated carbocycles. The maximum absolute atomic E-state index is 5.96. The predicted octanol–water partition coefficient (Wildman–Crippen LogP) is 2.27. The van der Waals surface area contributed by atoms with Crippen LogP contribution in [0.2, 0.25) is 0 Å². The number of nitrogens with two attached hydrogens (primary N) is 1. The zero-order chi connectivity index (χ0) is 14.5. The van der Waals surface area contributed by atoms with Crippen molar-refractivity contribution in [2.75, 3.05) is 46.8 Å². The average molecular weight is 269 g/mol. The summed E-state index contributed by atoms with van der Waals surface area (Å²) in [5, 5.41) is 0. The minimum Gasteiger partial charge on any atom is -0.330 e. The van der Waals surface area contributed by atoms with E-state index in [1.807, 2.05) is 0 Å². The molecule has 1 atom stereocenters. The van der Waals surface area contributed by atoms with Gasteiger partial charge in [-0.25, -0.2) is 0 Å². The third-order valence-corrected chi connectivity index (χ3v) is 4.08. The van der Waals surface area contributed by atoms with E-state index in [2.05, 4.69) is 44.7 Å². The van der Waals surface area contributed by atoms with Crippen molar-refractivity contribution in [2.24, 2.45) is 23.0 Å². The second kappa shape index (κ2) is 7.61. The molecule has 1 unspecified atom stereocenters. The molecule has 2 N–H and O–H groups in total. The van der Waals surface area contributed by atoms with E-state index in [4.69, 9.17) is 5.73 Å². The molecular formula is C16H35N3. The van der Waals surface area contributed by atoms with Crippen LogP contribution in [0.3, 0.4) is 0 Å². The van der Waals surface area contributed by atoms with E-state index in [0.29, 0.717) is 11.3 Å². The molecule has 0 aliphatic carbocycles. The summed E-state index contributed by atoms with van der Waals surface area (Å²) in [7, 11) is 4.36. The number of likely N-dealkylation sites (tertiary alicyclic amines) is 1. The lowest BCUT2D eigenvalue weighted by atomic mass is 9.84. The number of hydrogen-bond donors (Lipinski definition) is 1. The number of hydrogen-bond acceptors (Lipinski definition) is 3. The number of rotatable bonds is 6. The lowest BCUT2D eigenvalue weighted by Gasteiger charge is -2.36. The first-order valence-electron chi connectivity index (χ1n) is 7.87. The van der Waals surface area contributed by atoms with Crippen LogP contribution in [0.25, 0.3) is 0 Å². The normalized spacial score (nSPS) is 21.0. The highest BCUT2D eigenvalue weighted by Crippen LogP contribution is 2.26. The Morgan fingerprint density at radius 1 is 1.21 bits per heavy atom. The Kier molecular flexibility index (Phi) is 6.78. The van der Waals surface area contributed by atoms with Gasteiger partial charge in [-0.3, -0.25) is 0 Å². The molecule has 1 heterocycles. The fourth-order valence-electron chi connectivity index (χ4n) is 3.32. The third-order valence-electron chi connectivity index (χ3n) is 4.08. The van der Waals surface area contributed by atoms with E-state index in [0.717, 1.165) is 12.5 Å². The monoisotopic (exact) mass is 269 g/mol. The minimum atomic E-state index is 0.396. The molecule has 0 radical (unpaired) electrons. The molecule has 0 aromatic heterocycles. The van der Waals surface area contributed by atoms with Crippen molar-refractivity contribution in [3.05, 3.63) is 0 Å².